The number of nitrogens with two attached hydrogens (primary N) is 1. The van der Waals surface area contributed by atoms with Gasteiger partial charge in [-0.2, -0.15) is 0 Å². The van der Waals surface area contributed by atoms with Gasteiger partial charge in [0.05, 0.1) is 0 Å². The van der Waals surface area contributed by atoms with Crippen molar-refractivity contribution in [3.8, 4) is 0 Å². The molecule has 0 amide bonds. The normalized spacial score (nSPS) is 42.0. The van der Waals surface area contributed by atoms with E-state index < -0.39 is 0 Å². The van der Waals surface area contributed by atoms with Gasteiger partial charge < -0.3 is 5.73 Å². The van der Waals surface area contributed by atoms with Crippen LogP contribution in [0.5, 0.6) is 0 Å². The zero-order valence-corrected chi connectivity index (χ0v) is 18.6. The van der Waals surface area contributed by atoms with E-state index in [1.807, 2.05) is 0 Å². The minimum atomic E-state index is 0.250. The quantitative estimate of drug-likeness (QED) is 0.613. The van der Waals surface area contributed by atoms with Gasteiger partial charge in [-0.05, 0) is 80.0 Å². The molecule has 0 aromatic rings. The summed E-state index contributed by atoms with van der Waals surface area (Å²) in [6, 6.07) is 0.339. The minimum absolute atomic E-state index is 0.250. The third-order valence-electron chi connectivity index (χ3n) is 9.48. The van der Waals surface area contributed by atoms with Crippen molar-refractivity contribution in [3.63, 3.8) is 0 Å². The first-order valence-electron chi connectivity index (χ1n) is 11.9. The predicted octanol–water partition coefficient (Wildman–Crippen LogP) is 6.21. The number of allylic oxidation sites excluding steroid dienone is 4. The van der Waals surface area contributed by atoms with Crippen LogP contribution in [0.25, 0.3) is 0 Å². The highest BCUT2D eigenvalue weighted by Gasteiger charge is 2.56. The lowest BCUT2D eigenvalue weighted by Gasteiger charge is -2.54. The molecule has 4 aliphatic rings. The van der Waals surface area contributed by atoms with Crippen molar-refractivity contribution in [2.24, 2.45) is 40.2 Å². The van der Waals surface area contributed by atoms with Gasteiger partial charge in [-0.1, -0.05) is 56.9 Å². The van der Waals surface area contributed by atoms with E-state index in [1.165, 1.54) is 44.1 Å². The van der Waals surface area contributed by atoms with Crippen LogP contribution in [0.15, 0.2) is 23.3 Å². The summed E-state index contributed by atoms with van der Waals surface area (Å²) in [5.74, 6) is 3.56. The zero-order chi connectivity index (χ0) is 20.1. The Balaban J connectivity index is 1.54. The molecule has 3 fully saturated rings. The van der Waals surface area contributed by atoms with Crippen LogP contribution in [0.2, 0.25) is 0 Å². The van der Waals surface area contributed by atoms with Crippen molar-refractivity contribution in [3.05, 3.63) is 23.3 Å². The lowest BCUT2D eigenvalue weighted by Crippen LogP contribution is -2.46. The number of carbonyl (C=O) groups is 1. The SMILES string of the molecule is CC(N)CCC[C@@H](C)[C@H]1CC[C@H]2C3=CC=C4CC(=O)CC[C@]4(C)[C@H]3CC[C@]12C. The van der Waals surface area contributed by atoms with Gasteiger partial charge >= 0.3 is 0 Å². The van der Waals surface area contributed by atoms with Gasteiger partial charge in [-0.3, -0.25) is 4.79 Å². The second-order valence-electron chi connectivity index (χ2n) is 11.2. The summed E-state index contributed by atoms with van der Waals surface area (Å²) in [6.07, 6.45) is 16.6. The fourth-order valence-electron chi connectivity index (χ4n) is 7.76. The van der Waals surface area contributed by atoms with Crippen LogP contribution in [0.4, 0.5) is 0 Å². The van der Waals surface area contributed by atoms with Gasteiger partial charge in [0.2, 0.25) is 0 Å². The Bertz CT molecular complexity index is 689. The second-order valence-corrected chi connectivity index (χ2v) is 11.2. The van der Waals surface area contributed by atoms with E-state index in [9.17, 15) is 4.79 Å². The highest BCUT2D eigenvalue weighted by Crippen LogP contribution is 2.65. The third-order valence-corrected chi connectivity index (χ3v) is 9.48. The van der Waals surface area contributed by atoms with Gasteiger partial charge in [0.25, 0.3) is 0 Å². The molecular weight excluding hydrogens is 342 g/mol. The molecule has 3 saturated carbocycles. The molecule has 0 aromatic carbocycles. The standard InChI is InChI=1S/C26H41NO/c1-17(6-5-7-18(2)27)22-10-11-23-21-9-8-19-16-20(28)12-14-25(19,3)24(21)13-15-26(22,23)4/h8-9,17-18,22-24H,5-7,10-16,27H2,1-4H3/t17-,18?,22-,23+,24+,25+,26-/m1/s1. The minimum Gasteiger partial charge on any atom is -0.328 e. The number of fused-ring (bicyclic) bond motifs is 5. The van der Waals surface area contributed by atoms with E-state index in [2.05, 4.69) is 39.8 Å². The largest absolute Gasteiger partial charge is 0.328 e. The molecule has 0 bridgehead atoms. The Morgan fingerprint density at radius 2 is 1.86 bits per heavy atom. The summed E-state index contributed by atoms with van der Waals surface area (Å²) in [5.41, 5.74) is 9.88. The number of carbonyl (C=O) groups excluding carboxylic acids is 1. The molecule has 0 aliphatic heterocycles. The Morgan fingerprint density at radius 1 is 1.07 bits per heavy atom. The summed E-state index contributed by atoms with van der Waals surface area (Å²) in [6.45, 7) is 9.72. The highest BCUT2D eigenvalue weighted by molar-refractivity contribution is 5.83. The molecule has 2 heteroatoms. The van der Waals surface area contributed by atoms with E-state index >= 15 is 0 Å². The molecule has 0 heterocycles. The summed E-state index contributed by atoms with van der Waals surface area (Å²) in [5, 5.41) is 0. The van der Waals surface area contributed by atoms with Crippen LogP contribution in [0.3, 0.4) is 0 Å². The van der Waals surface area contributed by atoms with Gasteiger partial charge in [-0.15, -0.1) is 0 Å². The van der Waals surface area contributed by atoms with Crippen LogP contribution < -0.4 is 5.73 Å². The Hall–Kier alpha value is -0.890. The van der Waals surface area contributed by atoms with Crippen LogP contribution in [0, 0.1) is 34.5 Å². The molecular formula is C26H41NO. The molecule has 156 valence electrons. The lowest BCUT2D eigenvalue weighted by atomic mass is 9.50. The van der Waals surface area contributed by atoms with E-state index in [0.717, 1.165) is 37.0 Å². The Labute approximate surface area is 172 Å². The smallest absolute Gasteiger partial charge is 0.136 e. The first-order valence-corrected chi connectivity index (χ1v) is 11.9. The maximum absolute atomic E-state index is 12.0. The fourth-order valence-corrected chi connectivity index (χ4v) is 7.76. The number of ketones is 1. The van der Waals surface area contributed by atoms with Crippen molar-refractivity contribution >= 4 is 5.78 Å². The zero-order valence-electron chi connectivity index (χ0n) is 18.6. The maximum atomic E-state index is 12.0. The van der Waals surface area contributed by atoms with Crippen molar-refractivity contribution in [2.45, 2.75) is 97.9 Å². The summed E-state index contributed by atoms with van der Waals surface area (Å²) in [4.78, 5) is 12.0. The number of rotatable bonds is 5. The van der Waals surface area contributed by atoms with Gasteiger partial charge in [-0.25, -0.2) is 0 Å². The third kappa shape index (κ3) is 3.24. The van der Waals surface area contributed by atoms with Crippen LogP contribution in [-0.4, -0.2) is 11.8 Å². The second kappa shape index (κ2) is 7.42. The average Bonchev–Trinajstić information content (AvgIpc) is 2.99. The van der Waals surface area contributed by atoms with Crippen molar-refractivity contribution in [1.29, 1.82) is 0 Å². The maximum Gasteiger partial charge on any atom is 0.136 e. The molecule has 0 spiro atoms. The lowest BCUT2D eigenvalue weighted by molar-refractivity contribution is -0.120. The van der Waals surface area contributed by atoms with Crippen LogP contribution in [0.1, 0.15) is 91.9 Å². The summed E-state index contributed by atoms with van der Waals surface area (Å²) < 4.78 is 0. The van der Waals surface area contributed by atoms with E-state index in [4.69, 9.17) is 5.73 Å². The van der Waals surface area contributed by atoms with Gasteiger partial charge in [0.15, 0.2) is 0 Å². The molecule has 0 saturated heterocycles. The molecule has 28 heavy (non-hydrogen) atoms. The molecule has 2 N–H and O–H groups in total. The van der Waals surface area contributed by atoms with Crippen molar-refractivity contribution in [1.82, 2.24) is 0 Å². The molecule has 7 atom stereocenters. The molecule has 0 aromatic heterocycles. The molecule has 0 radical (unpaired) electrons. The molecule has 4 aliphatic carbocycles. The first-order chi connectivity index (χ1) is 13.3. The van der Waals surface area contributed by atoms with Crippen LogP contribution >= 0.6 is 0 Å². The molecule has 4 rings (SSSR count). The Morgan fingerprint density at radius 3 is 2.61 bits per heavy atom. The average molecular weight is 384 g/mol. The summed E-state index contributed by atoms with van der Waals surface area (Å²) >= 11 is 0. The molecule has 1 unspecified atom stereocenters. The number of hydrogen-bond donors (Lipinski definition) is 1. The van der Waals surface area contributed by atoms with Crippen molar-refractivity contribution < 1.29 is 4.79 Å². The predicted molar refractivity (Wildman–Crippen MR) is 117 cm³/mol. The first kappa shape index (κ1) is 20.4. The Kier molecular flexibility index (Phi) is 5.40. The fraction of sp³-hybridized carbons (Fsp3) is 0.808. The van der Waals surface area contributed by atoms with Crippen LogP contribution in [-0.2, 0) is 4.79 Å². The van der Waals surface area contributed by atoms with E-state index in [1.54, 1.807) is 5.57 Å². The molecule has 2 nitrogen and oxygen atoms in total. The highest BCUT2D eigenvalue weighted by atomic mass is 16.1. The van der Waals surface area contributed by atoms with Gasteiger partial charge in [0, 0.05) is 18.9 Å². The van der Waals surface area contributed by atoms with E-state index in [0.29, 0.717) is 29.6 Å². The topological polar surface area (TPSA) is 43.1 Å². The summed E-state index contributed by atoms with van der Waals surface area (Å²) in [7, 11) is 0. The number of hydrogen-bond acceptors (Lipinski definition) is 2. The monoisotopic (exact) mass is 383 g/mol. The van der Waals surface area contributed by atoms with Gasteiger partial charge in [0.1, 0.15) is 5.78 Å². The van der Waals surface area contributed by atoms with Crippen molar-refractivity contribution in [2.75, 3.05) is 0 Å². The van der Waals surface area contributed by atoms with E-state index in [-0.39, 0.29) is 5.41 Å². The number of Topliss-reactive ketones (excluding diaryl/α,β-unsaturated/α-hetero) is 1.